The van der Waals surface area contributed by atoms with Gasteiger partial charge in [-0.3, -0.25) is 0 Å². The van der Waals surface area contributed by atoms with E-state index in [4.69, 9.17) is 4.74 Å². The number of anilines is 1. The summed E-state index contributed by atoms with van der Waals surface area (Å²) in [6.07, 6.45) is 4.21. The number of benzene rings is 2. The maximum Gasteiger partial charge on any atom is 0.221 e. The molecule has 4 rings (SSSR count). The van der Waals surface area contributed by atoms with Gasteiger partial charge in [0, 0.05) is 42.3 Å². The average Bonchev–Trinajstić information content (AvgIpc) is 2.69. The fourth-order valence-corrected chi connectivity index (χ4v) is 3.48. The molecule has 4 nitrogen and oxygen atoms in total. The Labute approximate surface area is 154 Å². The summed E-state index contributed by atoms with van der Waals surface area (Å²) in [6.45, 7) is 2.96. The molecule has 26 heavy (non-hydrogen) atoms. The van der Waals surface area contributed by atoms with Crippen LogP contribution in [0.2, 0.25) is 0 Å². The van der Waals surface area contributed by atoms with E-state index in [2.05, 4.69) is 70.8 Å². The highest BCUT2D eigenvalue weighted by molar-refractivity contribution is 5.96. The molecule has 1 aromatic heterocycles. The first-order valence-corrected chi connectivity index (χ1v) is 9.30. The zero-order valence-electron chi connectivity index (χ0n) is 15.2. The molecule has 0 aliphatic carbocycles. The number of pyridine rings is 1. The number of rotatable bonds is 5. The Balaban J connectivity index is 1.55. The minimum Gasteiger partial charge on any atom is -0.474 e. The minimum atomic E-state index is 0.255. The van der Waals surface area contributed by atoms with E-state index in [9.17, 15) is 0 Å². The zero-order chi connectivity index (χ0) is 17.8. The van der Waals surface area contributed by atoms with E-state index in [1.165, 1.54) is 5.56 Å². The molecule has 4 heteroatoms. The van der Waals surface area contributed by atoms with Crippen molar-refractivity contribution in [3.8, 4) is 5.88 Å². The number of hydrogen-bond donors (Lipinski definition) is 1. The summed E-state index contributed by atoms with van der Waals surface area (Å²) in [4.78, 5) is 6.87. The highest BCUT2D eigenvalue weighted by Gasteiger charge is 2.19. The van der Waals surface area contributed by atoms with Gasteiger partial charge in [-0.2, -0.15) is 0 Å². The van der Waals surface area contributed by atoms with Crippen molar-refractivity contribution in [2.45, 2.75) is 25.5 Å². The highest BCUT2D eigenvalue weighted by Crippen LogP contribution is 2.30. The van der Waals surface area contributed by atoms with Gasteiger partial charge in [-0.25, -0.2) is 4.98 Å². The van der Waals surface area contributed by atoms with Crippen LogP contribution in [0.3, 0.4) is 0 Å². The fourth-order valence-electron chi connectivity index (χ4n) is 3.48. The van der Waals surface area contributed by atoms with Gasteiger partial charge in [-0.1, -0.05) is 36.4 Å². The summed E-state index contributed by atoms with van der Waals surface area (Å²) in [5.41, 5.74) is 2.38. The molecule has 1 saturated heterocycles. The van der Waals surface area contributed by atoms with Gasteiger partial charge in [0.1, 0.15) is 6.10 Å². The van der Waals surface area contributed by atoms with Gasteiger partial charge in [-0.05, 0) is 43.7 Å². The zero-order valence-corrected chi connectivity index (χ0v) is 15.2. The van der Waals surface area contributed by atoms with Crippen molar-refractivity contribution >= 4 is 16.5 Å². The van der Waals surface area contributed by atoms with Crippen molar-refractivity contribution in [3.05, 3.63) is 66.4 Å². The van der Waals surface area contributed by atoms with Crippen LogP contribution in [-0.2, 0) is 6.54 Å². The molecule has 2 heterocycles. The van der Waals surface area contributed by atoms with E-state index in [0.29, 0.717) is 0 Å². The normalized spacial score (nSPS) is 15.9. The van der Waals surface area contributed by atoms with Crippen molar-refractivity contribution in [2.24, 2.45) is 0 Å². The Morgan fingerprint density at radius 1 is 1.00 bits per heavy atom. The molecule has 1 aliphatic heterocycles. The van der Waals surface area contributed by atoms with Gasteiger partial charge in [0.05, 0.1) is 0 Å². The number of likely N-dealkylation sites (tertiary alicyclic amines) is 1. The molecule has 1 aliphatic rings. The number of fused-ring (bicyclic) bond motifs is 1. The second-order valence-electron chi connectivity index (χ2n) is 6.98. The predicted octanol–water partition coefficient (Wildman–Crippen LogP) is 4.32. The van der Waals surface area contributed by atoms with E-state index in [1.807, 2.05) is 12.3 Å². The van der Waals surface area contributed by atoms with Crippen LogP contribution in [0, 0.1) is 0 Å². The number of ether oxygens (including phenoxy) is 1. The first-order chi connectivity index (χ1) is 12.8. The molecule has 0 amide bonds. The Hall–Kier alpha value is -2.59. The van der Waals surface area contributed by atoms with Gasteiger partial charge < -0.3 is 15.0 Å². The summed E-state index contributed by atoms with van der Waals surface area (Å²) < 4.78 is 6.27. The summed E-state index contributed by atoms with van der Waals surface area (Å²) in [5.74, 6) is 0.750. The molecule has 0 bridgehead atoms. The summed E-state index contributed by atoms with van der Waals surface area (Å²) in [7, 11) is 2.16. The van der Waals surface area contributed by atoms with Crippen LogP contribution in [0.15, 0.2) is 60.8 Å². The van der Waals surface area contributed by atoms with Crippen LogP contribution in [0.4, 0.5) is 5.69 Å². The van der Waals surface area contributed by atoms with Crippen LogP contribution < -0.4 is 10.1 Å². The molecule has 0 saturated carbocycles. The number of nitrogens with zero attached hydrogens (tertiary/aromatic N) is 2. The molecule has 2 aromatic carbocycles. The molecular weight excluding hydrogens is 322 g/mol. The fraction of sp³-hybridized carbons (Fsp3) is 0.318. The largest absolute Gasteiger partial charge is 0.474 e. The van der Waals surface area contributed by atoms with Gasteiger partial charge >= 0.3 is 0 Å². The highest BCUT2D eigenvalue weighted by atomic mass is 16.5. The van der Waals surface area contributed by atoms with Crippen LogP contribution in [0.5, 0.6) is 5.88 Å². The second-order valence-corrected chi connectivity index (χ2v) is 6.98. The Kier molecular flexibility index (Phi) is 5.02. The molecule has 3 aromatic rings. The second kappa shape index (κ2) is 7.75. The number of nitrogens with one attached hydrogen (secondary N) is 1. The number of aromatic nitrogens is 1. The number of piperidine rings is 1. The Morgan fingerprint density at radius 3 is 2.62 bits per heavy atom. The van der Waals surface area contributed by atoms with Crippen molar-refractivity contribution in [2.75, 3.05) is 25.5 Å². The lowest BCUT2D eigenvalue weighted by molar-refractivity contribution is 0.111. The first-order valence-electron chi connectivity index (χ1n) is 9.30. The molecule has 1 fully saturated rings. The Morgan fingerprint density at radius 2 is 1.81 bits per heavy atom. The van der Waals surface area contributed by atoms with Gasteiger partial charge in [0.25, 0.3) is 0 Å². The van der Waals surface area contributed by atoms with Crippen LogP contribution in [0.1, 0.15) is 18.4 Å². The SMILES string of the molecule is CN1CCC(Oc2nccc3c(NCc4ccccc4)cccc23)CC1. The lowest BCUT2D eigenvalue weighted by Crippen LogP contribution is -2.35. The third kappa shape index (κ3) is 3.81. The van der Waals surface area contributed by atoms with Gasteiger partial charge in [0.15, 0.2) is 0 Å². The van der Waals surface area contributed by atoms with Crippen molar-refractivity contribution in [3.63, 3.8) is 0 Å². The monoisotopic (exact) mass is 347 g/mol. The van der Waals surface area contributed by atoms with Crippen LogP contribution in [-0.4, -0.2) is 36.1 Å². The van der Waals surface area contributed by atoms with E-state index >= 15 is 0 Å². The van der Waals surface area contributed by atoms with E-state index in [-0.39, 0.29) is 6.10 Å². The van der Waals surface area contributed by atoms with Crippen molar-refractivity contribution in [1.29, 1.82) is 0 Å². The Bertz CT molecular complexity index is 858. The summed E-state index contributed by atoms with van der Waals surface area (Å²) in [5, 5.41) is 5.78. The first kappa shape index (κ1) is 16.9. The summed E-state index contributed by atoms with van der Waals surface area (Å²) >= 11 is 0. The molecule has 1 N–H and O–H groups in total. The molecule has 0 atom stereocenters. The molecule has 0 radical (unpaired) electrons. The average molecular weight is 347 g/mol. The predicted molar refractivity (Wildman–Crippen MR) is 107 cm³/mol. The molecule has 0 unspecified atom stereocenters. The van der Waals surface area contributed by atoms with Crippen LogP contribution >= 0.6 is 0 Å². The smallest absolute Gasteiger partial charge is 0.221 e. The standard InChI is InChI=1S/C22H25N3O/c1-25-14-11-18(12-15-25)26-22-20-8-5-9-21(19(20)10-13-23-22)24-16-17-6-3-2-4-7-17/h2-10,13,18,24H,11-12,14-16H2,1H3. The van der Waals surface area contributed by atoms with Crippen molar-refractivity contribution < 1.29 is 4.74 Å². The van der Waals surface area contributed by atoms with Gasteiger partial charge in [-0.15, -0.1) is 0 Å². The quantitative estimate of drug-likeness (QED) is 0.746. The minimum absolute atomic E-state index is 0.255. The lowest BCUT2D eigenvalue weighted by atomic mass is 10.1. The van der Waals surface area contributed by atoms with E-state index < -0.39 is 0 Å². The maximum atomic E-state index is 6.27. The topological polar surface area (TPSA) is 37.4 Å². The van der Waals surface area contributed by atoms with Gasteiger partial charge in [0.2, 0.25) is 5.88 Å². The van der Waals surface area contributed by atoms with E-state index in [1.54, 1.807) is 0 Å². The van der Waals surface area contributed by atoms with E-state index in [0.717, 1.165) is 54.8 Å². The molecule has 134 valence electrons. The number of hydrogen-bond acceptors (Lipinski definition) is 4. The molecular formula is C22H25N3O. The van der Waals surface area contributed by atoms with Crippen molar-refractivity contribution in [1.82, 2.24) is 9.88 Å². The third-order valence-electron chi connectivity index (χ3n) is 5.04. The maximum absolute atomic E-state index is 6.27. The third-order valence-corrected chi connectivity index (χ3v) is 5.04. The molecule has 0 spiro atoms. The summed E-state index contributed by atoms with van der Waals surface area (Å²) in [6, 6.07) is 18.8. The van der Waals surface area contributed by atoms with Crippen LogP contribution in [0.25, 0.3) is 10.8 Å². The lowest BCUT2D eigenvalue weighted by Gasteiger charge is -2.29.